The van der Waals surface area contributed by atoms with E-state index in [9.17, 15) is 22.0 Å². The molecule has 4 aromatic rings. The van der Waals surface area contributed by atoms with Crippen LogP contribution in [0.15, 0.2) is 78.9 Å². The highest BCUT2D eigenvalue weighted by Crippen LogP contribution is 2.37. The molecule has 0 radical (unpaired) electrons. The summed E-state index contributed by atoms with van der Waals surface area (Å²) in [5.41, 5.74) is 3.35. The molecule has 0 unspecified atom stereocenters. The number of nitrogens with one attached hydrogen (secondary N) is 4. The molecule has 2 saturated heterocycles. The highest BCUT2D eigenvalue weighted by Gasteiger charge is 2.22. The summed E-state index contributed by atoms with van der Waals surface area (Å²) in [7, 11) is -3.50. The van der Waals surface area contributed by atoms with E-state index < -0.39 is 27.6 Å². The molecule has 2 atom stereocenters. The van der Waals surface area contributed by atoms with Gasteiger partial charge in [-0.25, -0.2) is 17.2 Å². The van der Waals surface area contributed by atoms with Gasteiger partial charge in [0.2, 0.25) is 10.0 Å². The zero-order valence-corrected chi connectivity index (χ0v) is 28.4. The number of carbonyl (C=O) groups excluding carboxylic acids is 1. The number of carbonyl (C=O) groups is 1. The highest BCUT2D eigenvalue weighted by molar-refractivity contribution is 7.92. The number of rotatable bonds is 10. The third-order valence-electron chi connectivity index (χ3n) is 7.80. The van der Waals surface area contributed by atoms with Crippen LogP contribution in [0.2, 0.25) is 0 Å². The molecule has 256 valence electrons. The molecule has 0 aromatic heterocycles. The zero-order chi connectivity index (χ0) is 32.3. The molecule has 2 aliphatic rings. The number of hydrogen-bond donors (Lipinski definition) is 4. The standard InChI is InChI=1S/C34H34F2N4O5S.2ClH/c1-46(42,43)40-25-4-2-3-21(15-25)29-18-24(7-10-33(29)45-27-12-14-38-20-27)39-34(41)23-6-9-32(44-26-11-13-37-19-26)28(16-23)22-5-8-30(35)31(36)17-22;;/h2-10,15-18,26-27,37-38,40H,11-14,19-20H2,1H3,(H,39,41);2*1H/t26-,27-;;/m0../s1. The summed E-state index contributed by atoms with van der Waals surface area (Å²) in [6, 6.07) is 20.7. The molecule has 0 aliphatic carbocycles. The van der Waals surface area contributed by atoms with Crippen LogP contribution in [0.25, 0.3) is 22.3 Å². The summed E-state index contributed by atoms with van der Waals surface area (Å²) < 4.78 is 66.7. The van der Waals surface area contributed by atoms with Crippen molar-refractivity contribution in [2.75, 3.05) is 42.5 Å². The highest BCUT2D eigenvalue weighted by atomic mass is 35.5. The monoisotopic (exact) mass is 720 g/mol. The van der Waals surface area contributed by atoms with E-state index in [1.54, 1.807) is 54.6 Å². The fraction of sp³-hybridized carbons (Fsp3) is 0.265. The van der Waals surface area contributed by atoms with Crippen LogP contribution in [0, 0.1) is 11.6 Å². The molecular weight excluding hydrogens is 685 g/mol. The van der Waals surface area contributed by atoms with Crippen LogP contribution in [-0.2, 0) is 10.0 Å². The van der Waals surface area contributed by atoms with Gasteiger partial charge >= 0.3 is 0 Å². The summed E-state index contributed by atoms with van der Waals surface area (Å²) in [6.07, 6.45) is 2.60. The molecule has 1 amide bonds. The van der Waals surface area contributed by atoms with Crippen LogP contribution in [0.1, 0.15) is 23.2 Å². The molecule has 0 bridgehead atoms. The van der Waals surface area contributed by atoms with Crippen molar-refractivity contribution in [2.45, 2.75) is 25.0 Å². The lowest BCUT2D eigenvalue weighted by molar-refractivity contribution is 0.102. The van der Waals surface area contributed by atoms with Gasteiger partial charge in [0, 0.05) is 41.2 Å². The maximum Gasteiger partial charge on any atom is 0.255 e. The molecule has 0 saturated carbocycles. The average molecular weight is 722 g/mol. The summed E-state index contributed by atoms with van der Waals surface area (Å²) in [6.45, 7) is 3.01. The number of amides is 1. The summed E-state index contributed by atoms with van der Waals surface area (Å²) in [5, 5.41) is 9.45. The molecule has 2 heterocycles. The lowest BCUT2D eigenvalue weighted by atomic mass is 10.0. The largest absolute Gasteiger partial charge is 0.488 e. The Balaban J connectivity index is 0.00000260. The first-order valence-corrected chi connectivity index (χ1v) is 16.9. The van der Waals surface area contributed by atoms with E-state index in [1.807, 2.05) is 6.07 Å². The Morgan fingerprint density at radius 3 is 1.98 bits per heavy atom. The van der Waals surface area contributed by atoms with Gasteiger partial charge in [-0.1, -0.05) is 18.2 Å². The third kappa shape index (κ3) is 9.14. The lowest BCUT2D eigenvalue weighted by Gasteiger charge is -2.19. The SMILES string of the molecule is CS(=O)(=O)Nc1cccc(-c2cc(NC(=O)c3ccc(O[C@H]4CCNC4)c(-c4ccc(F)c(F)c4)c3)ccc2O[C@H]2CCNC2)c1.Cl.Cl. The normalized spacial score (nSPS) is 17.1. The molecule has 2 fully saturated rings. The number of benzene rings is 4. The maximum atomic E-state index is 14.2. The Hall–Kier alpha value is -3.94. The van der Waals surface area contributed by atoms with Crippen molar-refractivity contribution in [3.63, 3.8) is 0 Å². The number of halogens is 4. The third-order valence-corrected chi connectivity index (χ3v) is 8.41. The Morgan fingerprint density at radius 2 is 1.38 bits per heavy atom. The quantitative estimate of drug-likeness (QED) is 0.153. The lowest BCUT2D eigenvalue weighted by Crippen LogP contribution is -2.20. The van der Waals surface area contributed by atoms with Gasteiger partial charge in [-0.05, 0) is 97.7 Å². The molecule has 14 heteroatoms. The molecule has 4 aromatic carbocycles. The van der Waals surface area contributed by atoms with E-state index >= 15 is 0 Å². The first-order chi connectivity index (χ1) is 22.1. The Kier molecular flexibility index (Phi) is 12.3. The van der Waals surface area contributed by atoms with Gasteiger partial charge in [0.1, 0.15) is 23.7 Å². The predicted molar refractivity (Wildman–Crippen MR) is 188 cm³/mol. The second kappa shape index (κ2) is 16.0. The van der Waals surface area contributed by atoms with E-state index in [1.165, 1.54) is 6.07 Å². The van der Waals surface area contributed by atoms with Gasteiger partial charge in [0.05, 0.1) is 6.26 Å². The van der Waals surface area contributed by atoms with Crippen LogP contribution in [-0.4, -0.2) is 59.0 Å². The Morgan fingerprint density at radius 1 is 0.750 bits per heavy atom. The average Bonchev–Trinajstić information content (AvgIpc) is 3.74. The fourth-order valence-corrected chi connectivity index (χ4v) is 6.14. The number of sulfonamides is 1. The van der Waals surface area contributed by atoms with E-state index in [0.29, 0.717) is 58.2 Å². The molecule has 9 nitrogen and oxygen atoms in total. The van der Waals surface area contributed by atoms with Gasteiger partial charge in [0.15, 0.2) is 11.6 Å². The number of anilines is 2. The molecule has 0 spiro atoms. The van der Waals surface area contributed by atoms with Crippen LogP contribution >= 0.6 is 24.8 Å². The van der Waals surface area contributed by atoms with Crippen molar-refractivity contribution < 1.29 is 31.5 Å². The van der Waals surface area contributed by atoms with E-state index in [4.69, 9.17) is 9.47 Å². The van der Waals surface area contributed by atoms with Gasteiger partial charge < -0.3 is 25.4 Å². The van der Waals surface area contributed by atoms with Gasteiger partial charge in [-0.3, -0.25) is 9.52 Å². The maximum absolute atomic E-state index is 14.2. The van der Waals surface area contributed by atoms with Crippen LogP contribution in [0.5, 0.6) is 11.5 Å². The zero-order valence-electron chi connectivity index (χ0n) is 25.9. The smallest absolute Gasteiger partial charge is 0.255 e. The first kappa shape index (κ1) is 36.9. The molecule has 48 heavy (non-hydrogen) atoms. The number of ether oxygens (including phenoxy) is 2. The Labute approximate surface area is 290 Å². The second-order valence-electron chi connectivity index (χ2n) is 11.4. The van der Waals surface area contributed by atoms with E-state index in [-0.39, 0.29) is 42.6 Å². The molecule has 4 N–H and O–H groups in total. The van der Waals surface area contributed by atoms with Crippen LogP contribution < -0.4 is 30.1 Å². The molecule has 6 rings (SSSR count). The topological polar surface area (TPSA) is 118 Å². The minimum atomic E-state index is -3.50. The van der Waals surface area contributed by atoms with Crippen molar-refractivity contribution in [2.24, 2.45) is 0 Å². The number of hydrogen-bond acceptors (Lipinski definition) is 7. The minimum absolute atomic E-state index is 0. The molecule has 2 aliphatic heterocycles. The van der Waals surface area contributed by atoms with Crippen molar-refractivity contribution in [3.8, 4) is 33.8 Å². The Bertz CT molecular complexity index is 1870. The van der Waals surface area contributed by atoms with Gasteiger partial charge in [-0.2, -0.15) is 0 Å². The van der Waals surface area contributed by atoms with Crippen molar-refractivity contribution in [1.82, 2.24) is 10.6 Å². The summed E-state index contributed by atoms with van der Waals surface area (Å²) >= 11 is 0. The first-order valence-electron chi connectivity index (χ1n) is 15.0. The van der Waals surface area contributed by atoms with Crippen molar-refractivity contribution in [3.05, 3.63) is 96.1 Å². The van der Waals surface area contributed by atoms with E-state index in [2.05, 4.69) is 20.7 Å². The fourth-order valence-electron chi connectivity index (χ4n) is 5.58. The van der Waals surface area contributed by atoms with E-state index in [0.717, 1.165) is 44.3 Å². The van der Waals surface area contributed by atoms with Crippen molar-refractivity contribution >= 4 is 52.1 Å². The summed E-state index contributed by atoms with van der Waals surface area (Å²) in [5.74, 6) is -1.34. The minimum Gasteiger partial charge on any atom is -0.488 e. The second-order valence-corrected chi connectivity index (χ2v) is 13.2. The van der Waals surface area contributed by atoms with Crippen LogP contribution in [0.3, 0.4) is 0 Å². The summed E-state index contributed by atoms with van der Waals surface area (Å²) in [4.78, 5) is 13.6. The van der Waals surface area contributed by atoms with Gasteiger partial charge in [-0.15, -0.1) is 24.8 Å². The van der Waals surface area contributed by atoms with Crippen LogP contribution in [0.4, 0.5) is 20.2 Å². The van der Waals surface area contributed by atoms with Gasteiger partial charge in [0.25, 0.3) is 5.91 Å². The molecular formula is C34H36Cl2F2N4O5S. The predicted octanol–water partition coefficient (Wildman–Crippen LogP) is 6.25. The van der Waals surface area contributed by atoms with Crippen molar-refractivity contribution in [1.29, 1.82) is 0 Å².